The summed E-state index contributed by atoms with van der Waals surface area (Å²) in [6, 6.07) is 8.20. The van der Waals surface area contributed by atoms with Crippen LogP contribution in [0.25, 0.3) is 0 Å². The zero-order valence-corrected chi connectivity index (χ0v) is 13.5. The fourth-order valence-corrected chi connectivity index (χ4v) is 2.97. The van der Waals surface area contributed by atoms with Crippen LogP contribution in [0.3, 0.4) is 0 Å². The van der Waals surface area contributed by atoms with Crippen LogP contribution in [0.5, 0.6) is 5.75 Å². The molecule has 0 amide bonds. The van der Waals surface area contributed by atoms with Crippen molar-refractivity contribution in [1.82, 2.24) is 0 Å². The van der Waals surface area contributed by atoms with E-state index in [1.54, 1.807) is 11.3 Å². The Balaban J connectivity index is 2.07. The van der Waals surface area contributed by atoms with E-state index < -0.39 is 0 Å². The van der Waals surface area contributed by atoms with Gasteiger partial charge < -0.3 is 9.84 Å². The minimum Gasteiger partial charge on any atom is -0.488 e. The van der Waals surface area contributed by atoms with Crippen molar-refractivity contribution in [3.63, 3.8) is 0 Å². The molecule has 0 aliphatic heterocycles. The summed E-state index contributed by atoms with van der Waals surface area (Å²) in [5, 5.41) is 10.8. The van der Waals surface area contributed by atoms with Crippen molar-refractivity contribution in [3.8, 4) is 17.6 Å². The Kier molecular flexibility index (Phi) is 5.44. The molecule has 0 saturated carbocycles. The first kappa shape index (κ1) is 15.6. The summed E-state index contributed by atoms with van der Waals surface area (Å²) in [6.45, 7) is 6.90. The summed E-state index contributed by atoms with van der Waals surface area (Å²) in [5.41, 5.74) is 3.55. The Morgan fingerprint density at radius 1 is 1.29 bits per heavy atom. The molecule has 1 heterocycles. The SMILES string of the molecule is Cc1cc(OCc2sccc2C#CCO)ccc1C(C)C. The number of aryl methyl sites for hydroxylation is 1. The molecule has 0 aliphatic carbocycles. The smallest absolute Gasteiger partial charge is 0.124 e. The van der Waals surface area contributed by atoms with Crippen molar-refractivity contribution < 1.29 is 9.84 Å². The minimum atomic E-state index is -0.119. The van der Waals surface area contributed by atoms with E-state index in [0.717, 1.165) is 16.2 Å². The first-order valence-electron chi connectivity index (χ1n) is 7.01. The van der Waals surface area contributed by atoms with Crippen molar-refractivity contribution in [3.05, 3.63) is 51.2 Å². The number of thiophene rings is 1. The van der Waals surface area contributed by atoms with Crippen LogP contribution in [-0.2, 0) is 6.61 Å². The Bertz CT molecular complexity index is 659. The highest BCUT2D eigenvalue weighted by molar-refractivity contribution is 7.10. The summed E-state index contributed by atoms with van der Waals surface area (Å²) in [4.78, 5) is 1.08. The maximum absolute atomic E-state index is 8.76. The van der Waals surface area contributed by atoms with Gasteiger partial charge in [-0.2, -0.15) is 0 Å². The number of benzene rings is 1. The molecule has 3 heteroatoms. The fraction of sp³-hybridized carbons (Fsp3) is 0.333. The van der Waals surface area contributed by atoms with Crippen LogP contribution >= 0.6 is 11.3 Å². The second kappa shape index (κ2) is 7.31. The van der Waals surface area contributed by atoms with Gasteiger partial charge in [-0.25, -0.2) is 0 Å². The molecule has 0 atom stereocenters. The normalized spacial score (nSPS) is 10.3. The van der Waals surface area contributed by atoms with Crippen LogP contribution in [0, 0.1) is 18.8 Å². The summed E-state index contributed by atoms with van der Waals surface area (Å²) in [5.74, 6) is 7.03. The average Bonchev–Trinajstić information content (AvgIpc) is 2.90. The molecule has 0 unspecified atom stereocenters. The molecular weight excluding hydrogens is 280 g/mol. The molecule has 0 fully saturated rings. The van der Waals surface area contributed by atoms with Crippen LogP contribution < -0.4 is 4.74 Å². The number of aliphatic hydroxyl groups is 1. The molecule has 21 heavy (non-hydrogen) atoms. The lowest BCUT2D eigenvalue weighted by Crippen LogP contribution is -1.97. The maximum atomic E-state index is 8.76. The molecule has 2 rings (SSSR count). The second-order valence-electron chi connectivity index (χ2n) is 5.18. The van der Waals surface area contributed by atoms with E-state index in [2.05, 4.69) is 44.7 Å². The first-order chi connectivity index (χ1) is 10.1. The highest BCUT2D eigenvalue weighted by Crippen LogP contribution is 2.25. The molecule has 1 aromatic carbocycles. The molecule has 1 N–H and O–H groups in total. The van der Waals surface area contributed by atoms with Crippen molar-refractivity contribution in [2.75, 3.05) is 6.61 Å². The Morgan fingerprint density at radius 3 is 2.76 bits per heavy atom. The number of hydrogen-bond donors (Lipinski definition) is 1. The molecule has 0 radical (unpaired) electrons. The van der Waals surface area contributed by atoms with E-state index in [-0.39, 0.29) is 6.61 Å². The van der Waals surface area contributed by atoms with Gasteiger partial charge in [0.05, 0.1) is 4.88 Å². The van der Waals surface area contributed by atoms with Crippen molar-refractivity contribution in [1.29, 1.82) is 0 Å². The van der Waals surface area contributed by atoms with Crippen LogP contribution in [0.1, 0.15) is 41.3 Å². The minimum absolute atomic E-state index is 0.119. The highest BCUT2D eigenvalue weighted by Gasteiger charge is 2.06. The largest absolute Gasteiger partial charge is 0.488 e. The first-order valence-corrected chi connectivity index (χ1v) is 7.89. The Morgan fingerprint density at radius 2 is 2.10 bits per heavy atom. The third-order valence-electron chi connectivity index (χ3n) is 3.28. The van der Waals surface area contributed by atoms with Crippen LogP contribution in [0.2, 0.25) is 0 Å². The van der Waals surface area contributed by atoms with E-state index in [1.807, 2.05) is 17.5 Å². The summed E-state index contributed by atoms with van der Waals surface area (Å²) in [6.07, 6.45) is 0. The number of hydrogen-bond acceptors (Lipinski definition) is 3. The Labute approximate surface area is 130 Å². The average molecular weight is 300 g/mol. The molecule has 0 spiro atoms. The molecular formula is C18H20O2S. The predicted molar refractivity (Wildman–Crippen MR) is 87.9 cm³/mol. The van der Waals surface area contributed by atoms with Gasteiger partial charge in [0.25, 0.3) is 0 Å². The third kappa shape index (κ3) is 4.10. The topological polar surface area (TPSA) is 29.5 Å². The number of ether oxygens (including phenoxy) is 1. The van der Waals surface area contributed by atoms with Crippen LogP contribution in [-0.4, -0.2) is 11.7 Å². The van der Waals surface area contributed by atoms with Gasteiger partial charge in [-0.05, 0) is 47.5 Å². The molecule has 0 aliphatic rings. The number of rotatable bonds is 4. The Hall–Kier alpha value is -1.76. The second-order valence-corrected chi connectivity index (χ2v) is 6.18. The zero-order valence-electron chi connectivity index (χ0n) is 12.6. The lowest BCUT2D eigenvalue weighted by atomic mass is 9.98. The van der Waals surface area contributed by atoms with Gasteiger partial charge in [0.1, 0.15) is 19.0 Å². The quantitative estimate of drug-likeness (QED) is 0.861. The van der Waals surface area contributed by atoms with Crippen molar-refractivity contribution >= 4 is 11.3 Å². The lowest BCUT2D eigenvalue weighted by Gasteiger charge is -2.12. The van der Waals surface area contributed by atoms with Gasteiger partial charge in [0, 0.05) is 5.56 Å². The monoisotopic (exact) mass is 300 g/mol. The standard InChI is InChI=1S/C18H20O2S/c1-13(2)17-7-6-16(11-14(17)3)20-12-18-15(5-4-9-19)8-10-21-18/h6-8,10-11,13,19H,9,12H2,1-3H3. The van der Waals surface area contributed by atoms with Gasteiger partial charge in [-0.1, -0.05) is 31.8 Å². The van der Waals surface area contributed by atoms with E-state index in [1.165, 1.54) is 11.1 Å². The fourth-order valence-electron chi connectivity index (χ4n) is 2.23. The van der Waals surface area contributed by atoms with E-state index >= 15 is 0 Å². The molecule has 1 aromatic heterocycles. The predicted octanol–water partition coefficient (Wildman–Crippen LogP) is 4.10. The molecule has 2 nitrogen and oxygen atoms in total. The maximum Gasteiger partial charge on any atom is 0.124 e. The third-order valence-corrected chi connectivity index (χ3v) is 4.18. The molecule has 0 saturated heterocycles. The molecule has 110 valence electrons. The summed E-state index contributed by atoms with van der Waals surface area (Å²) >= 11 is 1.62. The van der Waals surface area contributed by atoms with Gasteiger partial charge in [0.2, 0.25) is 0 Å². The molecule has 0 bridgehead atoms. The zero-order chi connectivity index (χ0) is 15.2. The van der Waals surface area contributed by atoms with Crippen molar-refractivity contribution in [2.45, 2.75) is 33.3 Å². The van der Waals surface area contributed by atoms with Crippen LogP contribution in [0.4, 0.5) is 0 Å². The van der Waals surface area contributed by atoms with E-state index in [4.69, 9.17) is 9.84 Å². The summed E-state index contributed by atoms with van der Waals surface area (Å²) < 4.78 is 5.87. The van der Waals surface area contributed by atoms with Crippen molar-refractivity contribution in [2.24, 2.45) is 0 Å². The van der Waals surface area contributed by atoms with Gasteiger partial charge in [-0.3, -0.25) is 0 Å². The van der Waals surface area contributed by atoms with E-state index in [0.29, 0.717) is 12.5 Å². The van der Waals surface area contributed by atoms with Gasteiger partial charge >= 0.3 is 0 Å². The molecule has 2 aromatic rings. The van der Waals surface area contributed by atoms with Gasteiger partial charge in [-0.15, -0.1) is 11.3 Å². The van der Waals surface area contributed by atoms with Gasteiger partial charge in [0.15, 0.2) is 0 Å². The van der Waals surface area contributed by atoms with Crippen LogP contribution in [0.15, 0.2) is 29.6 Å². The lowest BCUT2D eigenvalue weighted by molar-refractivity contribution is 0.309. The van der Waals surface area contributed by atoms with E-state index in [9.17, 15) is 0 Å². The highest BCUT2D eigenvalue weighted by atomic mass is 32.1. The number of aliphatic hydroxyl groups excluding tert-OH is 1. The summed E-state index contributed by atoms with van der Waals surface area (Å²) in [7, 11) is 0.